The number of ether oxygens (including phenoxy) is 1. The number of nitrogens with zero attached hydrogens (tertiary/aromatic N) is 1. The van der Waals surface area contributed by atoms with Crippen LogP contribution in [0.5, 0.6) is 0 Å². The van der Waals surface area contributed by atoms with Gasteiger partial charge in [-0.15, -0.1) is 0 Å². The second-order valence-electron chi connectivity index (χ2n) is 3.92. The van der Waals surface area contributed by atoms with Crippen LogP contribution in [0.4, 0.5) is 0 Å². The van der Waals surface area contributed by atoms with Gasteiger partial charge in [-0.25, -0.2) is 9.78 Å². The Morgan fingerprint density at radius 1 is 1.76 bits per heavy atom. The van der Waals surface area contributed by atoms with Crippen molar-refractivity contribution in [1.29, 1.82) is 0 Å². The van der Waals surface area contributed by atoms with Crippen LogP contribution in [0, 0.1) is 0 Å². The summed E-state index contributed by atoms with van der Waals surface area (Å²) in [5.41, 5.74) is -0.174. The molecule has 1 fully saturated rings. The number of esters is 1. The maximum atomic E-state index is 11.7. The Kier molecular flexibility index (Phi) is 2.71. The lowest BCUT2D eigenvalue weighted by molar-refractivity contribution is -0.146. The Bertz CT molecular complexity index is 455. The van der Waals surface area contributed by atoms with E-state index in [1.807, 2.05) is 0 Å². The minimum atomic E-state index is -0.980. The number of hydrogen-bond acceptors (Lipinski definition) is 4. The minimum absolute atomic E-state index is 0.124. The molecule has 2 rings (SSSR count). The van der Waals surface area contributed by atoms with Gasteiger partial charge in [-0.05, 0) is 12.5 Å². The van der Waals surface area contributed by atoms with Crippen molar-refractivity contribution in [3.8, 4) is 0 Å². The third-order valence-electron chi connectivity index (χ3n) is 2.94. The van der Waals surface area contributed by atoms with E-state index in [1.165, 1.54) is 13.4 Å². The van der Waals surface area contributed by atoms with E-state index in [0.29, 0.717) is 6.42 Å². The average molecular weight is 235 g/mol. The van der Waals surface area contributed by atoms with E-state index in [0.717, 1.165) is 11.8 Å². The first-order valence-electron chi connectivity index (χ1n) is 5.15. The molecule has 1 aliphatic carbocycles. The molecule has 2 unspecified atom stereocenters. The lowest BCUT2D eigenvalue weighted by atomic mass is 10.1. The fraction of sp³-hybridized carbons (Fsp3) is 0.364. The van der Waals surface area contributed by atoms with E-state index >= 15 is 0 Å². The molecule has 0 bridgehead atoms. The Labute approximate surface area is 98.1 Å². The van der Waals surface area contributed by atoms with Gasteiger partial charge in [-0.3, -0.25) is 4.79 Å². The Hall–Kier alpha value is -2.11. The number of rotatable bonds is 4. The van der Waals surface area contributed by atoms with Crippen LogP contribution in [-0.2, 0) is 14.3 Å². The van der Waals surface area contributed by atoms with Gasteiger partial charge in [-0.2, -0.15) is 0 Å². The van der Waals surface area contributed by atoms with Crippen molar-refractivity contribution in [1.82, 2.24) is 15.3 Å². The third kappa shape index (κ3) is 1.82. The molecule has 17 heavy (non-hydrogen) atoms. The Morgan fingerprint density at radius 3 is 3.06 bits per heavy atom. The highest BCUT2D eigenvalue weighted by atomic mass is 16.5. The van der Waals surface area contributed by atoms with Crippen molar-refractivity contribution < 1.29 is 14.3 Å². The first kappa shape index (κ1) is 11.4. The SMILES string of the molecule is C=CC(=O)NC1(C(=O)OC)CC1c1cnc[nH]1. The molecule has 6 heteroatoms. The maximum absolute atomic E-state index is 11.7. The summed E-state index contributed by atoms with van der Waals surface area (Å²) in [6.45, 7) is 3.36. The largest absolute Gasteiger partial charge is 0.467 e. The molecular formula is C11H13N3O3. The van der Waals surface area contributed by atoms with E-state index in [1.54, 1.807) is 6.20 Å². The number of hydrogen-bond donors (Lipinski definition) is 2. The first-order chi connectivity index (χ1) is 8.14. The molecule has 1 aromatic rings. The Morgan fingerprint density at radius 2 is 2.53 bits per heavy atom. The number of carbonyl (C=O) groups excluding carboxylic acids is 2. The highest BCUT2D eigenvalue weighted by Crippen LogP contribution is 2.51. The number of H-pyrrole nitrogens is 1. The van der Waals surface area contributed by atoms with Gasteiger partial charge < -0.3 is 15.0 Å². The summed E-state index contributed by atoms with van der Waals surface area (Å²) in [6, 6.07) is 0. The van der Waals surface area contributed by atoms with Gasteiger partial charge >= 0.3 is 5.97 Å². The lowest BCUT2D eigenvalue weighted by Gasteiger charge is -2.15. The van der Waals surface area contributed by atoms with Crippen LogP contribution >= 0.6 is 0 Å². The van der Waals surface area contributed by atoms with Gasteiger partial charge in [-0.1, -0.05) is 6.58 Å². The molecule has 0 spiro atoms. The molecule has 90 valence electrons. The monoisotopic (exact) mass is 235 g/mol. The van der Waals surface area contributed by atoms with Crippen molar-refractivity contribution in [3.05, 3.63) is 30.9 Å². The fourth-order valence-corrected chi connectivity index (χ4v) is 1.96. The van der Waals surface area contributed by atoms with E-state index < -0.39 is 17.4 Å². The maximum Gasteiger partial charge on any atom is 0.332 e. The zero-order chi connectivity index (χ0) is 12.5. The summed E-state index contributed by atoms with van der Waals surface area (Å²) in [7, 11) is 1.30. The number of methoxy groups -OCH3 is 1. The summed E-state index contributed by atoms with van der Waals surface area (Å²) in [4.78, 5) is 29.9. The molecule has 1 aliphatic rings. The van der Waals surface area contributed by atoms with Gasteiger partial charge in [0, 0.05) is 17.8 Å². The first-order valence-corrected chi connectivity index (χ1v) is 5.15. The van der Waals surface area contributed by atoms with Gasteiger partial charge in [0.25, 0.3) is 0 Å². The van der Waals surface area contributed by atoms with Crippen LogP contribution in [0.3, 0.4) is 0 Å². The molecule has 2 N–H and O–H groups in total. The smallest absolute Gasteiger partial charge is 0.332 e. The average Bonchev–Trinajstić information content (AvgIpc) is 2.82. The molecule has 1 aromatic heterocycles. The molecule has 1 amide bonds. The summed E-state index contributed by atoms with van der Waals surface area (Å²) in [5.74, 6) is -0.967. The summed E-state index contributed by atoms with van der Waals surface area (Å²) >= 11 is 0. The van der Waals surface area contributed by atoms with Crippen molar-refractivity contribution in [2.45, 2.75) is 17.9 Å². The Balaban J connectivity index is 2.21. The van der Waals surface area contributed by atoms with Crippen LogP contribution in [0.1, 0.15) is 18.0 Å². The number of amides is 1. The number of nitrogens with one attached hydrogen (secondary N) is 2. The van der Waals surface area contributed by atoms with E-state index in [2.05, 4.69) is 21.9 Å². The van der Waals surface area contributed by atoms with Crippen LogP contribution in [0.15, 0.2) is 25.2 Å². The number of aromatic nitrogens is 2. The fourth-order valence-electron chi connectivity index (χ4n) is 1.96. The highest BCUT2D eigenvalue weighted by Gasteiger charge is 2.63. The van der Waals surface area contributed by atoms with Crippen molar-refractivity contribution in [2.75, 3.05) is 7.11 Å². The summed E-state index contributed by atoms with van der Waals surface area (Å²) in [5, 5.41) is 2.63. The number of aromatic amines is 1. The lowest BCUT2D eigenvalue weighted by Crippen LogP contribution is -2.44. The van der Waals surface area contributed by atoms with Gasteiger partial charge in [0.05, 0.1) is 13.4 Å². The van der Waals surface area contributed by atoms with Crippen LogP contribution < -0.4 is 5.32 Å². The zero-order valence-corrected chi connectivity index (χ0v) is 9.40. The molecular weight excluding hydrogens is 222 g/mol. The van der Waals surface area contributed by atoms with Crippen molar-refractivity contribution in [2.24, 2.45) is 0 Å². The number of carbonyl (C=O) groups is 2. The molecule has 1 heterocycles. The quantitative estimate of drug-likeness (QED) is 0.573. The molecule has 1 saturated carbocycles. The van der Waals surface area contributed by atoms with Crippen LogP contribution in [0.2, 0.25) is 0 Å². The molecule has 0 saturated heterocycles. The molecule has 2 atom stereocenters. The number of imidazole rings is 1. The predicted molar refractivity (Wildman–Crippen MR) is 59.0 cm³/mol. The van der Waals surface area contributed by atoms with Crippen LogP contribution in [-0.4, -0.2) is 34.5 Å². The second-order valence-corrected chi connectivity index (χ2v) is 3.92. The van der Waals surface area contributed by atoms with Crippen molar-refractivity contribution in [3.63, 3.8) is 0 Å². The van der Waals surface area contributed by atoms with Gasteiger partial charge in [0.15, 0.2) is 0 Å². The zero-order valence-electron chi connectivity index (χ0n) is 9.40. The molecule has 0 aliphatic heterocycles. The predicted octanol–water partition coefficient (Wildman–Crippen LogP) is 0.111. The van der Waals surface area contributed by atoms with E-state index in [4.69, 9.17) is 4.74 Å². The summed E-state index contributed by atoms with van der Waals surface area (Å²) in [6.07, 6.45) is 4.80. The minimum Gasteiger partial charge on any atom is -0.467 e. The molecule has 0 radical (unpaired) electrons. The summed E-state index contributed by atoms with van der Waals surface area (Å²) < 4.78 is 4.73. The van der Waals surface area contributed by atoms with E-state index in [9.17, 15) is 9.59 Å². The second kappa shape index (κ2) is 4.04. The topological polar surface area (TPSA) is 84.1 Å². The van der Waals surface area contributed by atoms with Crippen molar-refractivity contribution >= 4 is 11.9 Å². The van der Waals surface area contributed by atoms with Gasteiger partial charge in [0.1, 0.15) is 5.54 Å². The standard InChI is InChI=1S/C11H13N3O3/c1-3-9(15)14-11(10(16)17-2)4-7(11)8-5-12-6-13-8/h3,5-7H,1,4H2,2H3,(H,12,13)(H,14,15). The van der Waals surface area contributed by atoms with E-state index in [-0.39, 0.29) is 5.92 Å². The van der Waals surface area contributed by atoms with Crippen LogP contribution in [0.25, 0.3) is 0 Å². The normalized spacial score (nSPS) is 26.1. The third-order valence-corrected chi connectivity index (χ3v) is 2.94. The highest BCUT2D eigenvalue weighted by molar-refractivity contribution is 5.96. The molecule has 6 nitrogen and oxygen atoms in total. The van der Waals surface area contributed by atoms with Gasteiger partial charge in [0.2, 0.25) is 5.91 Å². The molecule has 0 aromatic carbocycles.